The fraction of sp³-hybridized carbons (Fsp3) is 0.267. The van der Waals surface area contributed by atoms with E-state index in [2.05, 4.69) is 17.2 Å². The van der Waals surface area contributed by atoms with Gasteiger partial charge in [-0.1, -0.05) is 6.07 Å². The van der Waals surface area contributed by atoms with Crippen LogP contribution in [0.1, 0.15) is 29.7 Å². The molecule has 2 nitrogen and oxygen atoms in total. The SMILES string of the molecule is CC1Cc2ccc(F)cc2C(c2ccncc2)N1. The Hall–Kier alpha value is -1.74. The van der Waals surface area contributed by atoms with Crippen molar-refractivity contribution in [1.29, 1.82) is 0 Å². The molecule has 1 aromatic carbocycles. The largest absolute Gasteiger partial charge is 0.303 e. The lowest BCUT2D eigenvalue weighted by Crippen LogP contribution is -2.37. The van der Waals surface area contributed by atoms with E-state index in [1.54, 1.807) is 24.5 Å². The molecule has 0 fully saturated rings. The second-order valence-corrected chi connectivity index (χ2v) is 4.83. The topological polar surface area (TPSA) is 24.9 Å². The van der Waals surface area contributed by atoms with Gasteiger partial charge < -0.3 is 5.32 Å². The molecule has 0 bridgehead atoms. The highest BCUT2D eigenvalue weighted by atomic mass is 19.1. The van der Waals surface area contributed by atoms with Gasteiger partial charge in [0.15, 0.2) is 0 Å². The van der Waals surface area contributed by atoms with Crippen LogP contribution in [0.2, 0.25) is 0 Å². The summed E-state index contributed by atoms with van der Waals surface area (Å²) < 4.78 is 13.4. The molecule has 18 heavy (non-hydrogen) atoms. The first-order valence-corrected chi connectivity index (χ1v) is 6.18. The van der Waals surface area contributed by atoms with Crippen LogP contribution in [0.25, 0.3) is 0 Å². The molecular formula is C15H15FN2. The molecule has 2 atom stereocenters. The number of hydrogen-bond donors (Lipinski definition) is 1. The van der Waals surface area contributed by atoms with Gasteiger partial charge in [-0.25, -0.2) is 4.39 Å². The zero-order valence-electron chi connectivity index (χ0n) is 10.2. The molecule has 1 aliphatic rings. The fourth-order valence-corrected chi connectivity index (χ4v) is 2.62. The molecular weight excluding hydrogens is 227 g/mol. The summed E-state index contributed by atoms with van der Waals surface area (Å²) >= 11 is 0. The first-order valence-electron chi connectivity index (χ1n) is 6.18. The number of hydrogen-bond acceptors (Lipinski definition) is 2. The summed E-state index contributed by atoms with van der Waals surface area (Å²) in [7, 11) is 0. The van der Waals surface area contributed by atoms with Crippen molar-refractivity contribution < 1.29 is 4.39 Å². The van der Waals surface area contributed by atoms with Crippen molar-refractivity contribution in [2.24, 2.45) is 0 Å². The van der Waals surface area contributed by atoms with E-state index < -0.39 is 0 Å². The molecule has 0 saturated carbocycles. The summed E-state index contributed by atoms with van der Waals surface area (Å²) in [4.78, 5) is 4.03. The van der Waals surface area contributed by atoms with Gasteiger partial charge in [0, 0.05) is 18.4 Å². The van der Waals surface area contributed by atoms with Crippen LogP contribution in [0, 0.1) is 5.82 Å². The molecule has 1 aliphatic heterocycles. The van der Waals surface area contributed by atoms with Crippen LogP contribution in [0.5, 0.6) is 0 Å². The Balaban J connectivity index is 2.09. The number of pyridine rings is 1. The van der Waals surface area contributed by atoms with Crippen molar-refractivity contribution >= 4 is 0 Å². The first-order chi connectivity index (χ1) is 8.74. The number of nitrogens with zero attached hydrogens (tertiary/aromatic N) is 1. The lowest BCUT2D eigenvalue weighted by molar-refractivity contribution is 0.461. The highest BCUT2D eigenvalue weighted by molar-refractivity contribution is 5.39. The number of halogens is 1. The number of nitrogens with one attached hydrogen (secondary N) is 1. The minimum atomic E-state index is -0.177. The molecule has 2 aromatic rings. The Labute approximate surface area is 106 Å². The summed E-state index contributed by atoms with van der Waals surface area (Å²) in [5.74, 6) is -0.177. The second kappa shape index (κ2) is 4.50. The third-order valence-corrected chi connectivity index (χ3v) is 3.44. The van der Waals surface area contributed by atoms with Crippen LogP contribution in [-0.4, -0.2) is 11.0 Å². The number of fused-ring (bicyclic) bond motifs is 1. The molecule has 2 unspecified atom stereocenters. The summed E-state index contributed by atoms with van der Waals surface area (Å²) in [6.45, 7) is 2.15. The third-order valence-electron chi connectivity index (χ3n) is 3.44. The molecule has 92 valence electrons. The predicted octanol–water partition coefficient (Wildman–Crippen LogP) is 2.84. The molecule has 3 rings (SSSR count). The zero-order valence-corrected chi connectivity index (χ0v) is 10.2. The van der Waals surface area contributed by atoms with E-state index in [0.29, 0.717) is 6.04 Å². The average molecular weight is 242 g/mol. The average Bonchev–Trinajstić information content (AvgIpc) is 2.39. The standard InChI is InChI=1S/C15H15FN2/c1-10-8-12-2-3-13(16)9-14(12)15(18-10)11-4-6-17-7-5-11/h2-7,9-10,15,18H,8H2,1H3. The highest BCUT2D eigenvalue weighted by Crippen LogP contribution is 2.30. The van der Waals surface area contributed by atoms with Gasteiger partial charge in [0.05, 0.1) is 6.04 Å². The minimum Gasteiger partial charge on any atom is -0.303 e. The Kier molecular flexibility index (Phi) is 2.84. The lowest BCUT2D eigenvalue weighted by Gasteiger charge is -2.31. The molecule has 0 aliphatic carbocycles. The number of benzene rings is 1. The molecule has 1 aromatic heterocycles. The Morgan fingerprint density at radius 2 is 2.00 bits per heavy atom. The van der Waals surface area contributed by atoms with Crippen molar-refractivity contribution in [2.75, 3.05) is 0 Å². The summed E-state index contributed by atoms with van der Waals surface area (Å²) in [6.07, 6.45) is 4.49. The van der Waals surface area contributed by atoms with Crippen LogP contribution >= 0.6 is 0 Å². The van der Waals surface area contributed by atoms with Gasteiger partial charge in [-0.3, -0.25) is 4.98 Å². The maximum Gasteiger partial charge on any atom is 0.123 e. The summed E-state index contributed by atoms with van der Waals surface area (Å²) in [6, 6.07) is 9.48. The van der Waals surface area contributed by atoms with E-state index in [1.807, 2.05) is 18.2 Å². The molecule has 0 saturated heterocycles. The monoisotopic (exact) mass is 242 g/mol. The van der Waals surface area contributed by atoms with E-state index in [0.717, 1.165) is 17.5 Å². The van der Waals surface area contributed by atoms with Gasteiger partial charge in [-0.05, 0) is 54.3 Å². The van der Waals surface area contributed by atoms with Crippen molar-refractivity contribution in [3.63, 3.8) is 0 Å². The zero-order chi connectivity index (χ0) is 12.5. The molecule has 0 amide bonds. The quantitative estimate of drug-likeness (QED) is 0.831. The maximum atomic E-state index is 13.4. The minimum absolute atomic E-state index is 0.0578. The van der Waals surface area contributed by atoms with Gasteiger partial charge in [-0.2, -0.15) is 0 Å². The molecule has 3 heteroatoms. The van der Waals surface area contributed by atoms with E-state index in [1.165, 1.54) is 5.56 Å². The van der Waals surface area contributed by atoms with Gasteiger partial charge in [0.2, 0.25) is 0 Å². The third kappa shape index (κ3) is 2.02. The highest BCUT2D eigenvalue weighted by Gasteiger charge is 2.25. The van der Waals surface area contributed by atoms with E-state index in [-0.39, 0.29) is 11.9 Å². The molecule has 1 N–H and O–H groups in total. The van der Waals surface area contributed by atoms with Crippen LogP contribution in [-0.2, 0) is 6.42 Å². The van der Waals surface area contributed by atoms with Gasteiger partial charge in [0.25, 0.3) is 0 Å². The summed E-state index contributed by atoms with van der Waals surface area (Å²) in [5, 5.41) is 3.52. The Morgan fingerprint density at radius 3 is 2.78 bits per heavy atom. The second-order valence-electron chi connectivity index (χ2n) is 4.83. The smallest absolute Gasteiger partial charge is 0.123 e. The van der Waals surface area contributed by atoms with E-state index in [9.17, 15) is 4.39 Å². The van der Waals surface area contributed by atoms with E-state index >= 15 is 0 Å². The Morgan fingerprint density at radius 1 is 1.22 bits per heavy atom. The normalized spacial score (nSPS) is 22.6. The van der Waals surface area contributed by atoms with Crippen molar-refractivity contribution in [1.82, 2.24) is 10.3 Å². The predicted molar refractivity (Wildman–Crippen MR) is 68.8 cm³/mol. The molecule has 0 spiro atoms. The van der Waals surface area contributed by atoms with Gasteiger partial charge in [0.1, 0.15) is 5.82 Å². The lowest BCUT2D eigenvalue weighted by atomic mass is 9.87. The van der Waals surface area contributed by atoms with Gasteiger partial charge >= 0.3 is 0 Å². The van der Waals surface area contributed by atoms with Crippen LogP contribution in [0.3, 0.4) is 0 Å². The van der Waals surface area contributed by atoms with Crippen LogP contribution in [0.4, 0.5) is 4.39 Å². The fourth-order valence-electron chi connectivity index (χ4n) is 2.62. The van der Waals surface area contributed by atoms with E-state index in [4.69, 9.17) is 0 Å². The molecule has 0 radical (unpaired) electrons. The van der Waals surface area contributed by atoms with Gasteiger partial charge in [-0.15, -0.1) is 0 Å². The summed E-state index contributed by atoms with van der Waals surface area (Å²) in [5.41, 5.74) is 3.40. The van der Waals surface area contributed by atoms with Crippen LogP contribution in [0.15, 0.2) is 42.7 Å². The maximum absolute atomic E-state index is 13.4. The molecule has 2 heterocycles. The number of aromatic nitrogens is 1. The number of rotatable bonds is 1. The van der Waals surface area contributed by atoms with Crippen molar-refractivity contribution in [3.8, 4) is 0 Å². The van der Waals surface area contributed by atoms with Crippen molar-refractivity contribution in [3.05, 3.63) is 65.2 Å². The van der Waals surface area contributed by atoms with Crippen molar-refractivity contribution in [2.45, 2.75) is 25.4 Å². The first kappa shape index (κ1) is 11.4. The van der Waals surface area contributed by atoms with Crippen LogP contribution < -0.4 is 5.32 Å². The Bertz CT molecular complexity index is 554.